The van der Waals surface area contributed by atoms with Gasteiger partial charge >= 0.3 is 0 Å². The number of sulfone groups is 1. The van der Waals surface area contributed by atoms with Crippen molar-refractivity contribution >= 4 is 9.84 Å². The summed E-state index contributed by atoms with van der Waals surface area (Å²) in [4.78, 5) is 0.371. The lowest BCUT2D eigenvalue weighted by Gasteiger charge is -2.00. The molecule has 3 heteroatoms. The van der Waals surface area contributed by atoms with Gasteiger partial charge in [-0.15, -0.1) is 11.8 Å². The first-order valence-electron chi connectivity index (χ1n) is 5.28. The average molecular weight is 236 g/mol. The molecule has 0 aliphatic carbocycles. The van der Waals surface area contributed by atoms with Crippen LogP contribution in [0.5, 0.6) is 0 Å². The Morgan fingerprint density at radius 2 is 1.75 bits per heavy atom. The van der Waals surface area contributed by atoms with E-state index < -0.39 is 9.84 Å². The van der Waals surface area contributed by atoms with Gasteiger partial charge in [-0.25, -0.2) is 8.42 Å². The third kappa shape index (κ3) is 4.08. The third-order valence-corrected chi connectivity index (χ3v) is 3.32. The van der Waals surface area contributed by atoms with Gasteiger partial charge in [0.1, 0.15) is 0 Å². The molecule has 0 fully saturated rings. The van der Waals surface area contributed by atoms with Gasteiger partial charge in [0, 0.05) is 19.1 Å². The monoisotopic (exact) mass is 236 g/mol. The van der Waals surface area contributed by atoms with E-state index in [1.165, 1.54) is 6.26 Å². The summed E-state index contributed by atoms with van der Waals surface area (Å²) in [6.07, 6.45) is 3.80. The van der Waals surface area contributed by atoms with Gasteiger partial charge in [-0.2, -0.15) is 0 Å². The maximum atomic E-state index is 11.2. The molecule has 0 heterocycles. The van der Waals surface area contributed by atoms with Crippen molar-refractivity contribution in [2.75, 3.05) is 6.26 Å². The number of hydrogen-bond donors (Lipinski definition) is 0. The molecule has 0 saturated carbocycles. The summed E-state index contributed by atoms with van der Waals surface area (Å²) in [5.74, 6) is 6.07. The smallest absolute Gasteiger partial charge is 0.175 e. The molecule has 1 aromatic rings. The van der Waals surface area contributed by atoms with Crippen molar-refractivity contribution in [3.05, 3.63) is 29.8 Å². The van der Waals surface area contributed by atoms with E-state index in [9.17, 15) is 8.42 Å². The van der Waals surface area contributed by atoms with Gasteiger partial charge in [-0.1, -0.05) is 19.1 Å². The highest BCUT2D eigenvalue weighted by atomic mass is 32.2. The van der Waals surface area contributed by atoms with Crippen molar-refractivity contribution in [1.82, 2.24) is 0 Å². The topological polar surface area (TPSA) is 34.1 Å². The fourth-order valence-electron chi connectivity index (χ4n) is 1.32. The molecular weight excluding hydrogens is 220 g/mol. The summed E-state index contributed by atoms with van der Waals surface area (Å²) < 4.78 is 22.4. The Bertz CT molecular complexity index is 487. The second-order valence-corrected chi connectivity index (χ2v) is 5.64. The van der Waals surface area contributed by atoms with Crippen LogP contribution in [0.1, 0.15) is 25.3 Å². The Kier molecular flexibility index (Phi) is 4.57. The second kappa shape index (κ2) is 5.72. The molecule has 0 atom stereocenters. The highest BCUT2D eigenvalue weighted by Gasteiger charge is 2.05. The highest BCUT2D eigenvalue weighted by molar-refractivity contribution is 7.90. The zero-order chi connectivity index (χ0) is 12.0. The summed E-state index contributed by atoms with van der Waals surface area (Å²) >= 11 is 0. The molecule has 0 saturated heterocycles. The van der Waals surface area contributed by atoms with Crippen LogP contribution >= 0.6 is 0 Å². The first kappa shape index (κ1) is 12.8. The van der Waals surface area contributed by atoms with Crippen LogP contribution in [0.25, 0.3) is 0 Å². The van der Waals surface area contributed by atoms with Crippen molar-refractivity contribution in [3.63, 3.8) is 0 Å². The Labute approximate surface area is 97.6 Å². The van der Waals surface area contributed by atoms with E-state index in [1.54, 1.807) is 12.1 Å². The quantitative estimate of drug-likeness (QED) is 0.755. The van der Waals surface area contributed by atoms with Crippen LogP contribution in [0, 0.1) is 11.8 Å². The molecule has 0 aliphatic heterocycles. The zero-order valence-electron chi connectivity index (χ0n) is 9.66. The largest absolute Gasteiger partial charge is 0.224 e. The first-order valence-corrected chi connectivity index (χ1v) is 7.18. The number of aryl methyl sites for hydroxylation is 1. The Morgan fingerprint density at radius 1 is 1.12 bits per heavy atom. The van der Waals surface area contributed by atoms with Gasteiger partial charge < -0.3 is 0 Å². The van der Waals surface area contributed by atoms with E-state index in [0.717, 1.165) is 24.8 Å². The Hall–Kier alpha value is -1.27. The van der Waals surface area contributed by atoms with Gasteiger partial charge in [0.15, 0.2) is 9.84 Å². The molecule has 0 unspecified atom stereocenters. The van der Waals surface area contributed by atoms with Crippen LogP contribution in [0.4, 0.5) is 0 Å². The van der Waals surface area contributed by atoms with Crippen molar-refractivity contribution in [2.45, 2.75) is 31.1 Å². The normalized spacial score (nSPS) is 10.6. The number of benzene rings is 1. The lowest BCUT2D eigenvalue weighted by atomic mass is 10.1. The summed E-state index contributed by atoms with van der Waals surface area (Å²) in [6.45, 7) is 2.02. The van der Waals surface area contributed by atoms with Gasteiger partial charge in [-0.3, -0.25) is 0 Å². The van der Waals surface area contributed by atoms with Crippen LogP contribution in [0.15, 0.2) is 29.2 Å². The second-order valence-electron chi connectivity index (χ2n) is 3.62. The van der Waals surface area contributed by atoms with E-state index in [1.807, 2.05) is 19.1 Å². The molecule has 0 bridgehead atoms. The lowest BCUT2D eigenvalue weighted by Crippen LogP contribution is -1.96. The fourth-order valence-corrected chi connectivity index (χ4v) is 1.95. The molecule has 0 aromatic heterocycles. The summed E-state index contributed by atoms with van der Waals surface area (Å²) in [5, 5.41) is 0. The van der Waals surface area contributed by atoms with Gasteiger partial charge in [0.2, 0.25) is 0 Å². The van der Waals surface area contributed by atoms with E-state index >= 15 is 0 Å². The molecule has 0 N–H and O–H groups in total. The number of hydrogen-bond acceptors (Lipinski definition) is 2. The standard InChI is InChI=1S/C13H16O2S/c1-3-4-5-6-7-12-8-10-13(11-9-12)16(2,14)15/h8-11H,3,6-7H2,1-2H3. The molecule has 1 rings (SSSR count). The van der Waals surface area contributed by atoms with E-state index in [4.69, 9.17) is 0 Å². The van der Waals surface area contributed by atoms with E-state index in [0.29, 0.717) is 4.90 Å². The van der Waals surface area contributed by atoms with Crippen molar-refractivity contribution in [1.29, 1.82) is 0 Å². The van der Waals surface area contributed by atoms with Crippen LogP contribution in [-0.4, -0.2) is 14.7 Å². The van der Waals surface area contributed by atoms with Crippen LogP contribution < -0.4 is 0 Å². The lowest BCUT2D eigenvalue weighted by molar-refractivity contribution is 0.602. The molecule has 0 amide bonds. The van der Waals surface area contributed by atoms with Crippen LogP contribution in [-0.2, 0) is 16.3 Å². The predicted molar refractivity (Wildman–Crippen MR) is 65.9 cm³/mol. The molecule has 0 spiro atoms. The fraction of sp³-hybridized carbons (Fsp3) is 0.385. The van der Waals surface area contributed by atoms with Gasteiger partial charge in [-0.05, 0) is 24.1 Å². The van der Waals surface area contributed by atoms with Gasteiger partial charge in [0.25, 0.3) is 0 Å². The van der Waals surface area contributed by atoms with Crippen LogP contribution in [0.3, 0.4) is 0 Å². The maximum Gasteiger partial charge on any atom is 0.175 e. The number of rotatable bonds is 3. The minimum absolute atomic E-state index is 0.371. The first-order chi connectivity index (χ1) is 7.54. The van der Waals surface area contributed by atoms with Crippen molar-refractivity contribution in [2.24, 2.45) is 0 Å². The molecule has 2 nitrogen and oxygen atoms in total. The highest BCUT2D eigenvalue weighted by Crippen LogP contribution is 2.11. The molecule has 1 aromatic carbocycles. The van der Waals surface area contributed by atoms with E-state index in [2.05, 4.69) is 11.8 Å². The third-order valence-electron chi connectivity index (χ3n) is 2.19. The van der Waals surface area contributed by atoms with Crippen molar-refractivity contribution in [3.8, 4) is 11.8 Å². The van der Waals surface area contributed by atoms with Crippen LogP contribution in [0.2, 0.25) is 0 Å². The predicted octanol–water partition coefficient (Wildman–Crippen LogP) is 2.44. The van der Waals surface area contributed by atoms with E-state index in [-0.39, 0.29) is 0 Å². The summed E-state index contributed by atoms with van der Waals surface area (Å²) in [7, 11) is -3.08. The molecule has 86 valence electrons. The molecule has 0 radical (unpaired) electrons. The molecule has 0 aliphatic rings. The average Bonchev–Trinajstić information content (AvgIpc) is 2.24. The Morgan fingerprint density at radius 3 is 2.25 bits per heavy atom. The van der Waals surface area contributed by atoms with Gasteiger partial charge in [0.05, 0.1) is 4.90 Å². The van der Waals surface area contributed by atoms with Crippen molar-refractivity contribution < 1.29 is 8.42 Å². The SMILES string of the molecule is CCC#CCCc1ccc(S(C)(=O)=O)cc1. The molecular formula is C13H16O2S. The minimum atomic E-state index is -3.08. The summed E-state index contributed by atoms with van der Waals surface area (Å²) in [5.41, 5.74) is 1.12. The maximum absolute atomic E-state index is 11.2. The summed E-state index contributed by atoms with van der Waals surface area (Å²) in [6, 6.07) is 7.00. The zero-order valence-corrected chi connectivity index (χ0v) is 10.5. The molecule has 16 heavy (non-hydrogen) atoms. The Balaban J connectivity index is 2.66. The minimum Gasteiger partial charge on any atom is -0.224 e.